The molecule has 3 unspecified atom stereocenters. The number of hydrogen-bond acceptors (Lipinski definition) is 3. The van der Waals surface area contributed by atoms with Gasteiger partial charge in [-0.25, -0.2) is 0 Å². The van der Waals surface area contributed by atoms with Crippen molar-refractivity contribution in [1.29, 1.82) is 0 Å². The Hall–Kier alpha value is -0.610. The summed E-state index contributed by atoms with van der Waals surface area (Å²) >= 11 is 0. The van der Waals surface area contributed by atoms with Crippen LogP contribution in [0.4, 0.5) is 0 Å². The van der Waals surface area contributed by atoms with E-state index in [1.165, 1.54) is 12.8 Å². The molecule has 0 aromatic carbocycles. The van der Waals surface area contributed by atoms with Crippen LogP contribution in [0.1, 0.15) is 32.1 Å². The van der Waals surface area contributed by atoms with E-state index in [1.54, 1.807) is 0 Å². The summed E-state index contributed by atoms with van der Waals surface area (Å²) in [6.07, 6.45) is 5.46. The van der Waals surface area contributed by atoms with Gasteiger partial charge in [0, 0.05) is 18.6 Å². The van der Waals surface area contributed by atoms with Crippen molar-refractivity contribution in [3.05, 3.63) is 0 Å². The number of carboxylic acids is 1. The van der Waals surface area contributed by atoms with Gasteiger partial charge in [0.1, 0.15) is 0 Å². The minimum atomic E-state index is -0.594. The predicted molar refractivity (Wildman–Crippen MR) is 67.0 cm³/mol. The van der Waals surface area contributed by atoms with Crippen LogP contribution in [0.15, 0.2) is 0 Å². The average molecular weight is 240 g/mol. The van der Waals surface area contributed by atoms with Crippen molar-refractivity contribution in [1.82, 2.24) is 9.80 Å². The van der Waals surface area contributed by atoms with E-state index in [9.17, 15) is 9.90 Å². The topological polar surface area (TPSA) is 43.8 Å². The second kappa shape index (κ2) is 5.36. The lowest BCUT2D eigenvalue weighted by Crippen LogP contribution is -2.46. The van der Waals surface area contributed by atoms with E-state index in [0.29, 0.717) is 12.1 Å². The second-order valence-corrected chi connectivity index (χ2v) is 5.74. The maximum absolute atomic E-state index is 11.3. The summed E-state index contributed by atoms with van der Waals surface area (Å²) in [5, 5.41) is 9.28. The summed E-state index contributed by atoms with van der Waals surface area (Å²) in [5.41, 5.74) is 0. The highest BCUT2D eigenvalue weighted by atomic mass is 16.4. The Labute approximate surface area is 104 Å². The molecule has 0 radical (unpaired) electrons. The number of nitrogens with zero attached hydrogens (tertiary/aromatic N) is 2. The van der Waals surface area contributed by atoms with E-state index < -0.39 is 5.97 Å². The second-order valence-electron chi connectivity index (χ2n) is 5.74. The molecule has 1 saturated heterocycles. The molecule has 0 aromatic rings. The number of likely N-dealkylation sites (tertiary alicyclic amines) is 1. The van der Waals surface area contributed by atoms with Crippen LogP contribution in [0.5, 0.6) is 0 Å². The third-order valence-corrected chi connectivity index (χ3v) is 4.22. The van der Waals surface area contributed by atoms with Gasteiger partial charge in [-0.2, -0.15) is 0 Å². The van der Waals surface area contributed by atoms with Crippen molar-refractivity contribution in [3.63, 3.8) is 0 Å². The fourth-order valence-electron chi connectivity index (χ4n) is 3.54. The molecule has 4 nitrogen and oxygen atoms in total. The highest BCUT2D eigenvalue weighted by Gasteiger charge is 2.41. The zero-order valence-electron chi connectivity index (χ0n) is 10.9. The summed E-state index contributed by atoms with van der Waals surface area (Å²) < 4.78 is 0. The van der Waals surface area contributed by atoms with E-state index in [2.05, 4.69) is 23.9 Å². The number of carbonyl (C=O) groups is 1. The summed E-state index contributed by atoms with van der Waals surface area (Å²) in [7, 11) is 4.19. The molecule has 4 heteroatoms. The number of likely N-dealkylation sites (N-methyl/N-ethyl adjacent to an activating group) is 1. The molecule has 0 bridgehead atoms. The molecule has 2 rings (SSSR count). The number of aliphatic carboxylic acids is 1. The van der Waals surface area contributed by atoms with Crippen LogP contribution in [0, 0.1) is 5.92 Å². The number of carboxylic acid groups (broad SMARTS) is 1. The van der Waals surface area contributed by atoms with Crippen molar-refractivity contribution in [2.24, 2.45) is 5.92 Å². The van der Waals surface area contributed by atoms with Crippen LogP contribution in [0.25, 0.3) is 0 Å². The third kappa shape index (κ3) is 2.80. The van der Waals surface area contributed by atoms with Crippen LogP contribution in [-0.2, 0) is 4.79 Å². The summed E-state index contributed by atoms with van der Waals surface area (Å²) in [5.74, 6) is -0.722. The molecule has 1 aliphatic heterocycles. The maximum atomic E-state index is 11.3. The van der Waals surface area contributed by atoms with Gasteiger partial charge in [0.05, 0.1) is 5.92 Å². The SMILES string of the molecule is CN(C)CC1CCCN1C1CCCC1C(=O)O. The van der Waals surface area contributed by atoms with Gasteiger partial charge in [0.2, 0.25) is 0 Å². The Morgan fingerprint density at radius 3 is 2.71 bits per heavy atom. The van der Waals surface area contributed by atoms with Crippen molar-refractivity contribution in [2.45, 2.75) is 44.2 Å². The Morgan fingerprint density at radius 2 is 2.06 bits per heavy atom. The minimum absolute atomic E-state index is 0.127. The molecule has 98 valence electrons. The highest BCUT2D eigenvalue weighted by molar-refractivity contribution is 5.71. The summed E-state index contributed by atoms with van der Waals surface area (Å²) in [4.78, 5) is 16.0. The Kier molecular flexibility index (Phi) is 4.05. The van der Waals surface area contributed by atoms with Gasteiger partial charge in [-0.15, -0.1) is 0 Å². The van der Waals surface area contributed by atoms with E-state index in [4.69, 9.17) is 0 Å². The van der Waals surface area contributed by atoms with Gasteiger partial charge in [-0.1, -0.05) is 6.42 Å². The lowest BCUT2D eigenvalue weighted by molar-refractivity contribution is -0.143. The predicted octanol–water partition coefficient (Wildman–Crippen LogP) is 1.27. The van der Waals surface area contributed by atoms with Gasteiger partial charge < -0.3 is 10.0 Å². The molecule has 0 aromatic heterocycles. The summed E-state index contributed by atoms with van der Waals surface area (Å²) in [6.45, 7) is 2.15. The zero-order valence-corrected chi connectivity index (χ0v) is 10.9. The van der Waals surface area contributed by atoms with Crippen LogP contribution in [0.2, 0.25) is 0 Å². The lowest BCUT2D eigenvalue weighted by Gasteiger charge is -2.34. The minimum Gasteiger partial charge on any atom is -0.481 e. The Bertz CT molecular complexity index is 281. The number of hydrogen-bond donors (Lipinski definition) is 1. The first-order valence-corrected chi connectivity index (χ1v) is 6.73. The fraction of sp³-hybridized carbons (Fsp3) is 0.923. The van der Waals surface area contributed by atoms with Gasteiger partial charge >= 0.3 is 5.97 Å². The molecule has 1 N–H and O–H groups in total. The molecular formula is C13H24N2O2. The first kappa shape index (κ1) is 12.8. The lowest BCUT2D eigenvalue weighted by atomic mass is 10.0. The molecule has 17 heavy (non-hydrogen) atoms. The molecule has 0 amide bonds. The largest absolute Gasteiger partial charge is 0.481 e. The zero-order chi connectivity index (χ0) is 12.4. The molecule has 1 aliphatic carbocycles. The average Bonchev–Trinajstić information content (AvgIpc) is 2.82. The van der Waals surface area contributed by atoms with Gasteiger partial charge in [-0.05, 0) is 46.3 Å². The Balaban J connectivity index is 2.02. The van der Waals surface area contributed by atoms with Crippen LogP contribution < -0.4 is 0 Å². The smallest absolute Gasteiger partial charge is 0.308 e. The molecule has 3 atom stereocenters. The van der Waals surface area contributed by atoms with Crippen LogP contribution >= 0.6 is 0 Å². The van der Waals surface area contributed by atoms with E-state index in [0.717, 1.165) is 32.4 Å². The molecule has 2 fully saturated rings. The van der Waals surface area contributed by atoms with Gasteiger partial charge in [0.25, 0.3) is 0 Å². The van der Waals surface area contributed by atoms with E-state index in [1.807, 2.05) is 0 Å². The fourth-order valence-corrected chi connectivity index (χ4v) is 3.54. The normalized spacial score (nSPS) is 34.6. The molecule has 0 spiro atoms. The summed E-state index contributed by atoms with van der Waals surface area (Å²) in [6, 6.07) is 0.856. The first-order chi connectivity index (χ1) is 8.09. The van der Waals surface area contributed by atoms with Gasteiger partial charge in [-0.3, -0.25) is 9.69 Å². The highest BCUT2D eigenvalue weighted by Crippen LogP contribution is 2.34. The monoisotopic (exact) mass is 240 g/mol. The molecule has 1 saturated carbocycles. The standard InChI is InChI=1S/C13H24N2O2/c1-14(2)9-10-5-4-8-15(10)12-7-3-6-11(12)13(16)17/h10-12H,3-9H2,1-2H3,(H,16,17). The molecule has 2 aliphatic rings. The van der Waals surface area contributed by atoms with Crippen LogP contribution in [0.3, 0.4) is 0 Å². The van der Waals surface area contributed by atoms with Crippen molar-refractivity contribution >= 4 is 5.97 Å². The van der Waals surface area contributed by atoms with Crippen molar-refractivity contribution < 1.29 is 9.90 Å². The Morgan fingerprint density at radius 1 is 1.29 bits per heavy atom. The van der Waals surface area contributed by atoms with Crippen molar-refractivity contribution in [3.8, 4) is 0 Å². The third-order valence-electron chi connectivity index (χ3n) is 4.22. The quantitative estimate of drug-likeness (QED) is 0.803. The van der Waals surface area contributed by atoms with Crippen molar-refractivity contribution in [2.75, 3.05) is 27.2 Å². The maximum Gasteiger partial charge on any atom is 0.308 e. The first-order valence-electron chi connectivity index (χ1n) is 6.73. The van der Waals surface area contributed by atoms with Crippen LogP contribution in [-0.4, -0.2) is 60.1 Å². The molecular weight excluding hydrogens is 216 g/mol. The van der Waals surface area contributed by atoms with Gasteiger partial charge in [0.15, 0.2) is 0 Å². The molecule has 1 heterocycles. The van der Waals surface area contributed by atoms with E-state index >= 15 is 0 Å². The number of rotatable bonds is 4. The van der Waals surface area contributed by atoms with E-state index in [-0.39, 0.29) is 5.92 Å².